The zero-order chi connectivity index (χ0) is 21.3. The van der Waals surface area contributed by atoms with Crippen molar-refractivity contribution < 1.29 is 51.0 Å². The van der Waals surface area contributed by atoms with Crippen LogP contribution >= 0.6 is 0 Å². The molecule has 0 N–H and O–H groups in total. The quantitative estimate of drug-likeness (QED) is 0.414. The number of hydrogen-bond acceptors (Lipinski definition) is 0. The average molecular weight is 545 g/mol. The molecule has 0 bridgehead atoms. The molecule has 3 aromatic rings. The summed E-state index contributed by atoms with van der Waals surface area (Å²) < 4.78 is 0. The third-order valence-corrected chi connectivity index (χ3v) is 6.19. The van der Waals surface area contributed by atoms with Crippen LogP contribution in [0.4, 0.5) is 0 Å². The van der Waals surface area contributed by atoms with Gasteiger partial charge in [-0.2, -0.15) is 17.2 Å². The molecule has 0 amide bonds. The summed E-state index contributed by atoms with van der Waals surface area (Å²) in [5.41, 5.74) is 9.80. The van der Waals surface area contributed by atoms with E-state index in [1.165, 1.54) is 49.7 Å². The summed E-state index contributed by atoms with van der Waals surface area (Å²) in [5.74, 6) is 0.560. The molecule has 0 spiro atoms. The molecule has 0 aliphatic heterocycles. The molecule has 4 rings (SSSR count). The first kappa shape index (κ1) is 31.0. The van der Waals surface area contributed by atoms with Gasteiger partial charge in [-0.25, -0.2) is 5.57 Å². The van der Waals surface area contributed by atoms with Crippen LogP contribution in [-0.4, -0.2) is 0 Å². The Bertz CT molecular complexity index is 1080. The van der Waals surface area contributed by atoms with Crippen molar-refractivity contribution in [3.8, 4) is 11.1 Å². The normalized spacial score (nSPS) is 15.1. The van der Waals surface area contributed by atoms with Crippen LogP contribution in [0.5, 0.6) is 0 Å². The number of hydrogen-bond donors (Lipinski definition) is 0. The van der Waals surface area contributed by atoms with Crippen LogP contribution in [0.3, 0.4) is 0 Å². The maximum atomic E-state index is 3.36. The molecule has 0 fully saturated rings. The molecule has 3 aromatic carbocycles. The predicted octanol–water partition coefficient (Wildman–Crippen LogP) is 2.56. The molecule has 3 heteroatoms. The van der Waals surface area contributed by atoms with Gasteiger partial charge in [0.1, 0.15) is 0 Å². The van der Waals surface area contributed by atoms with Crippen LogP contribution in [0.15, 0.2) is 71.3 Å². The summed E-state index contributed by atoms with van der Waals surface area (Å²) in [6, 6.07) is 20.1. The first-order valence-electron chi connectivity index (χ1n) is 10.6. The van der Waals surface area contributed by atoms with Crippen molar-refractivity contribution in [2.75, 3.05) is 0 Å². The smallest absolute Gasteiger partial charge is 1.00 e. The van der Waals surface area contributed by atoms with Crippen molar-refractivity contribution in [3.05, 3.63) is 88.5 Å². The Morgan fingerprint density at radius 3 is 1.91 bits per heavy atom. The van der Waals surface area contributed by atoms with Crippen molar-refractivity contribution >= 4 is 10.8 Å². The van der Waals surface area contributed by atoms with E-state index in [1.807, 2.05) is 0 Å². The number of allylic oxidation sites excluding steroid dienone is 4. The molecule has 0 nitrogen and oxygen atoms in total. The van der Waals surface area contributed by atoms with Crippen LogP contribution in [0.25, 0.3) is 21.9 Å². The van der Waals surface area contributed by atoms with Crippen molar-refractivity contribution in [1.29, 1.82) is 0 Å². The monoisotopic (exact) mass is 542 g/mol. The minimum atomic E-state index is 0. The van der Waals surface area contributed by atoms with E-state index < -0.39 is 0 Å². The minimum Gasteiger partial charge on any atom is -1.00 e. The molecule has 32 heavy (non-hydrogen) atoms. The van der Waals surface area contributed by atoms with Crippen LogP contribution in [0.1, 0.15) is 59.6 Å². The number of fused-ring (bicyclic) bond motifs is 1. The van der Waals surface area contributed by atoms with E-state index in [0.29, 0.717) is 5.92 Å². The van der Waals surface area contributed by atoms with Crippen LogP contribution in [0.2, 0.25) is 0 Å². The van der Waals surface area contributed by atoms with Gasteiger partial charge >= 0.3 is 26.2 Å². The number of benzene rings is 2. The fourth-order valence-electron chi connectivity index (χ4n) is 3.95. The van der Waals surface area contributed by atoms with Gasteiger partial charge in [-0.3, -0.25) is 6.08 Å². The van der Waals surface area contributed by atoms with Crippen LogP contribution < -0.4 is 24.8 Å². The van der Waals surface area contributed by atoms with Gasteiger partial charge in [0.2, 0.25) is 0 Å². The number of rotatable bonds is 1. The van der Waals surface area contributed by atoms with E-state index in [-0.39, 0.29) is 56.4 Å². The van der Waals surface area contributed by atoms with Gasteiger partial charge in [0.25, 0.3) is 0 Å². The summed E-state index contributed by atoms with van der Waals surface area (Å²) >= 11 is 0. The largest absolute Gasteiger partial charge is 4.00 e. The fraction of sp³-hybridized carbons (Fsp3) is 0.345. The molecular weight excluding hydrogens is 510 g/mol. The van der Waals surface area contributed by atoms with Crippen LogP contribution in [-0.2, 0) is 31.6 Å². The van der Waals surface area contributed by atoms with Gasteiger partial charge in [0.15, 0.2) is 0 Å². The Kier molecular flexibility index (Phi) is 12.1. The summed E-state index contributed by atoms with van der Waals surface area (Å²) in [6.45, 7) is 17.6. The standard InChI is InChI=1S/C20H21.C9H13.2ClH.Zr/c1-14-12-16-6-5-7-18(19(16)13-14)15-8-10-17(11-9-15)20(2,3)4;1-6-5-7(2)9(4)8(6)3;;;/h5-13H,1-4H3;6H,1-4H3;2*1H;/q2*-1;;;+4/p-2. The molecule has 0 saturated heterocycles. The third-order valence-electron chi connectivity index (χ3n) is 6.19. The first-order chi connectivity index (χ1) is 13.6. The maximum absolute atomic E-state index is 3.36. The van der Waals surface area contributed by atoms with Gasteiger partial charge in [-0.1, -0.05) is 90.3 Å². The van der Waals surface area contributed by atoms with Gasteiger partial charge < -0.3 is 24.8 Å². The molecule has 1 unspecified atom stereocenters. The average Bonchev–Trinajstić information content (AvgIpc) is 3.15. The zero-order valence-electron chi connectivity index (χ0n) is 20.5. The van der Waals surface area contributed by atoms with E-state index in [2.05, 4.69) is 116 Å². The Labute approximate surface area is 226 Å². The molecule has 168 valence electrons. The summed E-state index contributed by atoms with van der Waals surface area (Å²) in [4.78, 5) is 0. The second kappa shape index (κ2) is 12.5. The van der Waals surface area contributed by atoms with E-state index in [9.17, 15) is 0 Å². The van der Waals surface area contributed by atoms with Gasteiger partial charge in [0, 0.05) is 0 Å². The van der Waals surface area contributed by atoms with E-state index in [4.69, 9.17) is 0 Å². The van der Waals surface area contributed by atoms with Gasteiger partial charge in [-0.15, -0.1) is 41.5 Å². The first-order valence-corrected chi connectivity index (χ1v) is 10.6. The fourth-order valence-corrected chi connectivity index (χ4v) is 3.95. The number of halogens is 2. The van der Waals surface area contributed by atoms with Crippen molar-refractivity contribution in [2.45, 2.75) is 60.8 Å². The van der Waals surface area contributed by atoms with Gasteiger partial charge in [0.05, 0.1) is 0 Å². The topological polar surface area (TPSA) is 0 Å². The van der Waals surface area contributed by atoms with E-state index in [0.717, 1.165) is 0 Å². The Balaban J connectivity index is 0.000000690. The predicted molar refractivity (Wildman–Crippen MR) is 128 cm³/mol. The second-order valence-corrected chi connectivity index (χ2v) is 9.47. The maximum Gasteiger partial charge on any atom is 4.00 e. The molecule has 0 heterocycles. The number of aryl methyl sites for hydroxylation is 1. The third kappa shape index (κ3) is 6.99. The molecule has 1 aliphatic rings. The minimum absolute atomic E-state index is 0. The second-order valence-electron chi connectivity index (χ2n) is 9.47. The summed E-state index contributed by atoms with van der Waals surface area (Å²) in [7, 11) is 0. The summed E-state index contributed by atoms with van der Waals surface area (Å²) in [5, 5.41) is 2.69. The Morgan fingerprint density at radius 1 is 0.875 bits per heavy atom. The van der Waals surface area contributed by atoms with Crippen LogP contribution in [0, 0.1) is 18.9 Å². The van der Waals surface area contributed by atoms with E-state index in [1.54, 1.807) is 0 Å². The molecular formula is C29H34Cl2Zr. The molecule has 0 aromatic heterocycles. The zero-order valence-corrected chi connectivity index (χ0v) is 24.5. The Hall–Kier alpha value is -1.01. The molecule has 1 aliphatic carbocycles. The molecule has 0 radical (unpaired) electrons. The molecule has 0 saturated carbocycles. The SMILES string of the molecule is CC1=[C-]C(C)C(C)=C1C.Cc1cc2c(-c3ccc(C(C)(C)C)cc3)cccc2[cH-]1.[Cl-].[Cl-].[Zr+4]. The van der Waals surface area contributed by atoms with Crippen molar-refractivity contribution in [1.82, 2.24) is 0 Å². The van der Waals surface area contributed by atoms with Crippen molar-refractivity contribution in [3.63, 3.8) is 0 Å². The van der Waals surface area contributed by atoms with E-state index >= 15 is 0 Å². The molecule has 1 atom stereocenters. The Morgan fingerprint density at radius 2 is 1.47 bits per heavy atom. The van der Waals surface area contributed by atoms with Gasteiger partial charge in [-0.05, 0) is 16.5 Å². The van der Waals surface area contributed by atoms with Crippen molar-refractivity contribution in [2.24, 2.45) is 5.92 Å². The summed E-state index contributed by atoms with van der Waals surface area (Å²) in [6.07, 6.45) is 3.36.